The lowest BCUT2D eigenvalue weighted by molar-refractivity contribution is 0.477. The molecule has 16 heavy (non-hydrogen) atoms. The van der Waals surface area contributed by atoms with E-state index in [0.29, 0.717) is 5.92 Å². The second kappa shape index (κ2) is 5.90. The summed E-state index contributed by atoms with van der Waals surface area (Å²) in [5, 5.41) is 5.08. The van der Waals surface area contributed by atoms with Gasteiger partial charge in [-0.1, -0.05) is 35.7 Å². The Morgan fingerprint density at radius 1 is 1.19 bits per heavy atom. The van der Waals surface area contributed by atoms with Gasteiger partial charge in [-0.25, -0.2) is 0 Å². The number of hydrogen-bond acceptors (Lipinski definition) is 1. The first kappa shape index (κ1) is 12.2. The van der Waals surface area contributed by atoms with Crippen molar-refractivity contribution in [3.8, 4) is 0 Å². The van der Waals surface area contributed by atoms with Gasteiger partial charge < -0.3 is 5.32 Å². The van der Waals surface area contributed by atoms with Crippen molar-refractivity contribution in [2.75, 3.05) is 13.1 Å². The molecular weight excluding hydrogens is 241 g/mol. The topological polar surface area (TPSA) is 12.0 Å². The summed E-state index contributed by atoms with van der Waals surface area (Å²) in [5.41, 5.74) is 1.11. The fourth-order valence-corrected chi connectivity index (χ4v) is 2.83. The molecule has 0 aromatic heterocycles. The van der Waals surface area contributed by atoms with Gasteiger partial charge in [0.2, 0.25) is 0 Å². The highest BCUT2D eigenvalue weighted by Gasteiger charge is 2.15. The molecule has 88 valence electrons. The Labute approximate surface area is 107 Å². The second-order valence-electron chi connectivity index (χ2n) is 4.47. The van der Waals surface area contributed by atoms with E-state index in [4.69, 9.17) is 23.2 Å². The fourth-order valence-electron chi connectivity index (χ4n) is 2.28. The van der Waals surface area contributed by atoms with Crippen LogP contribution in [0.2, 0.25) is 10.0 Å². The number of benzene rings is 1. The van der Waals surface area contributed by atoms with E-state index in [2.05, 4.69) is 5.32 Å². The molecule has 1 aromatic carbocycles. The highest BCUT2D eigenvalue weighted by atomic mass is 35.5. The molecule has 1 unspecified atom stereocenters. The van der Waals surface area contributed by atoms with Crippen molar-refractivity contribution in [1.82, 2.24) is 5.32 Å². The van der Waals surface area contributed by atoms with Crippen molar-refractivity contribution in [1.29, 1.82) is 0 Å². The molecule has 0 amide bonds. The summed E-state index contributed by atoms with van der Waals surface area (Å²) in [6.45, 7) is 2.23. The summed E-state index contributed by atoms with van der Waals surface area (Å²) in [6.07, 6.45) is 4.85. The lowest BCUT2D eigenvalue weighted by atomic mass is 9.95. The fraction of sp³-hybridized carbons (Fsp3) is 0.538. The molecule has 1 aliphatic heterocycles. The summed E-state index contributed by atoms with van der Waals surface area (Å²) in [6, 6.07) is 5.75. The van der Waals surface area contributed by atoms with Crippen molar-refractivity contribution < 1.29 is 0 Å². The van der Waals surface area contributed by atoms with Crippen molar-refractivity contribution >= 4 is 23.2 Å². The molecule has 1 aliphatic rings. The van der Waals surface area contributed by atoms with E-state index < -0.39 is 0 Å². The minimum absolute atomic E-state index is 0.667. The molecule has 0 bridgehead atoms. The van der Waals surface area contributed by atoms with E-state index >= 15 is 0 Å². The zero-order chi connectivity index (χ0) is 11.4. The molecule has 1 N–H and O–H groups in total. The Morgan fingerprint density at radius 2 is 1.94 bits per heavy atom. The number of hydrogen-bond donors (Lipinski definition) is 1. The molecule has 1 atom stereocenters. The van der Waals surface area contributed by atoms with Gasteiger partial charge in [-0.15, -0.1) is 0 Å². The van der Waals surface area contributed by atoms with E-state index in [-0.39, 0.29) is 0 Å². The normalized spacial score (nSPS) is 21.8. The Balaban J connectivity index is 2.07. The standard InChI is InChI=1S/C13H17Cl2N/c14-12-5-3-6-13(15)11(12)8-10-4-1-2-7-16-9-10/h3,5-6,10,16H,1-2,4,7-9H2. The largest absolute Gasteiger partial charge is 0.316 e. The van der Waals surface area contributed by atoms with Gasteiger partial charge in [0.1, 0.15) is 0 Å². The maximum atomic E-state index is 6.18. The van der Waals surface area contributed by atoms with Crippen LogP contribution in [-0.4, -0.2) is 13.1 Å². The van der Waals surface area contributed by atoms with E-state index in [1.54, 1.807) is 0 Å². The third-order valence-corrected chi connectivity index (χ3v) is 3.91. The zero-order valence-electron chi connectivity index (χ0n) is 9.31. The highest BCUT2D eigenvalue weighted by Crippen LogP contribution is 2.28. The van der Waals surface area contributed by atoms with Gasteiger partial charge in [-0.05, 0) is 56.0 Å². The molecule has 1 heterocycles. The van der Waals surface area contributed by atoms with Gasteiger partial charge in [-0.3, -0.25) is 0 Å². The van der Waals surface area contributed by atoms with Gasteiger partial charge in [0.05, 0.1) is 0 Å². The van der Waals surface area contributed by atoms with Gasteiger partial charge in [-0.2, -0.15) is 0 Å². The number of halogens is 2. The van der Waals surface area contributed by atoms with Crippen LogP contribution in [0.4, 0.5) is 0 Å². The van der Waals surface area contributed by atoms with Crippen LogP contribution >= 0.6 is 23.2 Å². The van der Waals surface area contributed by atoms with Crippen LogP contribution < -0.4 is 5.32 Å². The summed E-state index contributed by atoms with van der Waals surface area (Å²) in [7, 11) is 0. The second-order valence-corrected chi connectivity index (χ2v) is 5.28. The first-order valence-electron chi connectivity index (χ1n) is 5.91. The lowest BCUT2D eigenvalue weighted by Gasteiger charge is -2.16. The summed E-state index contributed by atoms with van der Waals surface area (Å²) < 4.78 is 0. The molecule has 0 saturated carbocycles. The molecule has 1 aromatic rings. The molecule has 1 fully saturated rings. The quantitative estimate of drug-likeness (QED) is 0.847. The maximum Gasteiger partial charge on any atom is 0.0452 e. The van der Waals surface area contributed by atoms with Gasteiger partial charge in [0, 0.05) is 10.0 Å². The van der Waals surface area contributed by atoms with Crippen molar-refractivity contribution in [2.45, 2.75) is 25.7 Å². The SMILES string of the molecule is Clc1cccc(Cl)c1CC1CCCCNC1. The van der Waals surface area contributed by atoms with Crippen LogP contribution in [0.1, 0.15) is 24.8 Å². The monoisotopic (exact) mass is 257 g/mol. The van der Waals surface area contributed by atoms with E-state index in [0.717, 1.165) is 35.1 Å². The van der Waals surface area contributed by atoms with E-state index in [1.165, 1.54) is 19.3 Å². The molecule has 1 nitrogen and oxygen atoms in total. The van der Waals surface area contributed by atoms with Crippen LogP contribution in [0.5, 0.6) is 0 Å². The Morgan fingerprint density at radius 3 is 2.69 bits per heavy atom. The highest BCUT2D eigenvalue weighted by molar-refractivity contribution is 6.35. The molecule has 3 heteroatoms. The Hall–Kier alpha value is -0.240. The average Bonchev–Trinajstić information content (AvgIpc) is 2.52. The average molecular weight is 258 g/mol. The first-order valence-corrected chi connectivity index (χ1v) is 6.66. The van der Waals surface area contributed by atoms with Crippen LogP contribution in [0.25, 0.3) is 0 Å². The van der Waals surface area contributed by atoms with Crippen LogP contribution in [-0.2, 0) is 6.42 Å². The van der Waals surface area contributed by atoms with Gasteiger partial charge >= 0.3 is 0 Å². The Kier molecular flexibility index (Phi) is 4.51. The van der Waals surface area contributed by atoms with E-state index in [9.17, 15) is 0 Å². The third-order valence-electron chi connectivity index (χ3n) is 3.20. The smallest absolute Gasteiger partial charge is 0.0452 e. The first-order chi connectivity index (χ1) is 7.77. The molecular formula is C13H17Cl2N. The minimum atomic E-state index is 0.667. The van der Waals surface area contributed by atoms with E-state index in [1.807, 2.05) is 18.2 Å². The van der Waals surface area contributed by atoms with Gasteiger partial charge in [0.25, 0.3) is 0 Å². The van der Waals surface area contributed by atoms with Crippen molar-refractivity contribution in [2.24, 2.45) is 5.92 Å². The van der Waals surface area contributed by atoms with Gasteiger partial charge in [0.15, 0.2) is 0 Å². The number of nitrogens with one attached hydrogen (secondary N) is 1. The van der Waals surface area contributed by atoms with Crippen molar-refractivity contribution in [3.05, 3.63) is 33.8 Å². The molecule has 0 spiro atoms. The molecule has 2 rings (SSSR count). The summed E-state index contributed by atoms with van der Waals surface area (Å²) in [5.74, 6) is 0.667. The lowest BCUT2D eigenvalue weighted by Crippen LogP contribution is -2.22. The van der Waals surface area contributed by atoms with Crippen LogP contribution in [0, 0.1) is 5.92 Å². The molecule has 1 saturated heterocycles. The molecule has 0 radical (unpaired) electrons. The summed E-state index contributed by atoms with van der Waals surface area (Å²) >= 11 is 12.4. The minimum Gasteiger partial charge on any atom is -0.316 e. The Bertz CT molecular complexity index is 324. The summed E-state index contributed by atoms with van der Waals surface area (Å²) in [4.78, 5) is 0. The van der Waals surface area contributed by atoms with Crippen LogP contribution in [0.15, 0.2) is 18.2 Å². The predicted octanol–water partition coefficient (Wildman–Crippen LogP) is 3.93. The zero-order valence-corrected chi connectivity index (χ0v) is 10.8. The van der Waals surface area contributed by atoms with Crippen LogP contribution in [0.3, 0.4) is 0 Å². The number of rotatable bonds is 2. The molecule has 0 aliphatic carbocycles. The third kappa shape index (κ3) is 3.13. The maximum absolute atomic E-state index is 6.18. The van der Waals surface area contributed by atoms with Crippen molar-refractivity contribution in [3.63, 3.8) is 0 Å². The predicted molar refractivity (Wildman–Crippen MR) is 70.4 cm³/mol.